The Morgan fingerprint density at radius 2 is 1.95 bits per heavy atom. The zero-order valence-electron chi connectivity index (χ0n) is 10.4. The maximum absolute atomic E-state index is 12.4. The quantitative estimate of drug-likeness (QED) is 0.820. The largest absolute Gasteiger partial charge is 0.416 e. The summed E-state index contributed by atoms with van der Waals surface area (Å²) in [6.07, 6.45) is -3.70. The number of alkyl halides is 3. The molecule has 0 fully saturated rings. The number of hydrogen-bond donors (Lipinski definition) is 2. The lowest BCUT2D eigenvalue weighted by Crippen LogP contribution is -2.26. The molecule has 1 aromatic carbocycles. The van der Waals surface area contributed by atoms with Gasteiger partial charge in [-0.25, -0.2) is 0 Å². The molecule has 0 bridgehead atoms. The highest BCUT2D eigenvalue weighted by atomic mass is 35.5. The monoisotopic (exact) mass is 296 g/mol. The van der Waals surface area contributed by atoms with E-state index in [4.69, 9.17) is 0 Å². The van der Waals surface area contributed by atoms with E-state index in [0.717, 1.165) is 25.1 Å². The first kappa shape index (κ1) is 17.7. The summed E-state index contributed by atoms with van der Waals surface area (Å²) in [6.45, 7) is 1.17. The van der Waals surface area contributed by atoms with E-state index in [9.17, 15) is 18.0 Å². The molecule has 1 aromatic rings. The van der Waals surface area contributed by atoms with E-state index >= 15 is 0 Å². The second kappa shape index (κ2) is 8.01. The average Bonchev–Trinajstić information content (AvgIpc) is 2.33. The third kappa shape index (κ3) is 5.94. The fourth-order valence-corrected chi connectivity index (χ4v) is 1.41. The lowest BCUT2D eigenvalue weighted by Gasteiger charge is -2.09. The lowest BCUT2D eigenvalue weighted by molar-refractivity contribution is -0.137. The van der Waals surface area contributed by atoms with Gasteiger partial charge in [0, 0.05) is 12.1 Å². The van der Waals surface area contributed by atoms with Crippen LogP contribution in [0.15, 0.2) is 24.3 Å². The molecule has 1 rings (SSSR count). The maximum atomic E-state index is 12.4. The number of rotatable bonds is 5. The van der Waals surface area contributed by atoms with Gasteiger partial charge in [-0.1, -0.05) is 6.07 Å². The number of amides is 1. The summed E-state index contributed by atoms with van der Waals surface area (Å²) in [5.41, 5.74) is -0.792. The Kier molecular flexibility index (Phi) is 7.48. The van der Waals surface area contributed by atoms with Crippen LogP contribution >= 0.6 is 12.4 Å². The molecule has 0 aliphatic rings. The summed E-state index contributed by atoms with van der Waals surface area (Å²) in [5, 5.41) is 5.48. The summed E-state index contributed by atoms with van der Waals surface area (Å²) in [5.74, 6) is -0.489. The van der Waals surface area contributed by atoms with Crippen molar-refractivity contribution in [3.63, 3.8) is 0 Å². The molecule has 7 heteroatoms. The normalized spacial score (nSPS) is 10.7. The van der Waals surface area contributed by atoms with Gasteiger partial charge in [0.15, 0.2) is 0 Å². The van der Waals surface area contributed by atoms with E-state index in [-0.39, 0.29) is 18.0 Å². The van der Waals surface area contributed by atoms with Crippen LogP contribution < -0.4 is 10.6 Å². The first-order valence-corrected chi connectivity index (χ1v) is 5.55. The zero-order chi connectivity index (χ0) is 13.6. The van der Waals surface area contributed by atoms with Gasteiger partial charge in [-0.15, -0.1) is 12.4 Å². The van der Waals surface area contributed by atoms with Gasteiger partial charge in [-0.3, -0.25) is 4.79 Å². The second-order valence-electron chi connectivity index (χ2n) is 3.79. The van der Waals surface area contributed by atoms with Crippen molar-refractivity contribution in [1.82, 2.24) is 10.6 Å². The van der Waals surface area contributed by atoms with Crippen LogP contribution in [0, 0.1) is 0 Å². The van der Waals surface area contributed by atoms with Crippen LogP contribution in [0.1, 0.15) is 22.3 Å². The first-order chi connectivity index (χ1) is 8.45. The average molecular weight is 297 g/mol. The molecule has 19 heavy (non-hydrogen) atoms. The summed E-state index contributed by atoms with van der Waals surface area (Å²) in [4.78, 5) is 11.6. The Morgan fingerprint density at radius 3 is 2.53 bits per heavy atom. The van der Waals surface area contributed by atoms with Crippen LogP contribution in [0.2, 0.25) is 0 Å². The fourth-order valence-electron chi connectivity index (χ4n) is 1.41. The van der Waals surface area contributed by atoms with Gasteiger partial charge in [-0.05, 0) is 38.2 Å². The van der Waals surface area contributed by atoms with Crippen LogP contribution in [-0.4, -0.2) is 26.0 Å². The first-order valence-electron chi connectivity index (χ1n) is 5.55. The number of nitrogens with one attached hydrogen (secondary N) is 2. The van der Waals surface area contributed by atoms with Crippen molar-refractivity contribution in [1.29, 1.82) is 0 Å². The Morgan fingerprint density at radius 1 is 1.26 bits per heavy atom. The van der Waals surface area contributed by atoms with Gasteiger partial charge >= 0.3 is 6.18 Å². The lowest BCUT2D eigenvalue weighted by atomic mass is 10.1. The minimum absolute atomic E-state index is 0. The number of carbonyl (C=O) groups excluding carboxylic acids is 1. The topological polar surface area (TPSA) is 41.1 Å². The highest BCUT2D eigenvalue weighted by molar-refractivity contribution is 5.94. The van der Waals surface area contributed by atoms with E-state index in [1.165, 1.54) is 12.1 Å². The van der Waals surface area contributed by atoms with Crippen molar-refractivity contribution in [2.45, 2.75) is 12.6 Å². The van der Waals surface area contributed by atoms with Crippen LogP contribution in [-0.2, 0) is 6.18 Å². The van der Waals surface area contributed by atoms with Gasteiger partial charge in [0.1, 0.15) is 0 Å². The number of halogens is 4. The van der Waals surface area contributed by atoms with E-state index in [1.54, 1.807) is 7.05 Å². The smallest absolute Gasteiger partial charge is 0.352 e. The highest BCUT2D eigenvalue weighted by Gasteiger charge is 2.30. The third-order valence-electron chi connectivity index (χ3n) is 2.34. The van der Waals surface area contributed by atoms with E-state index in [0.29, 0.717) is 6.54 Å². The minimum Gasteiger partial charge on any atom is -0.352 e. The number of benzene rings is 1. The molecule has 0 heterocycles. The molecular weight excluding hydrogens is 281 g/mol. The Hall–Kier alpha value is -1.27. The molecule has 0 unspecified atom stereocenters. The van der Waals surface area contributed by atoms with Gasteiger partial charge in [-0.2, -0.15) is 13.2 Å². The van der Waals surface area contributed by atoms with Crippen molar-refractivity contribution in [3.8, 4) is 0 Å². The van der Waals surface area contributed by atoms with Crippen LogP contribution in [0.3, 0.4) is 0 Å². The summed E-state index contributed by atoms with van der Waals surface area (Å²) in [6, 6.07) is 4.39. The van der Waals surface area contributed by atoms with E-state index in [1.807, 2.05) is 0 Å². The molecule has 0 aliphatic heterocycles. The third-order valence-corrected chi connectivity index (χ3v) is 2.34. The van der Waals surface area contributed by atoms with Crippen molar-refractivity contribution in [2.24, 2.45) is 0 Å². The molecule has 108 valence electrons. The van der Waals surface area contributed by atoms with Gasteiger partial charge in [0.05, 0.1) is 5.56 Å². The maximum Gasteiger partial charge on any atom is 0.416 e. The molecule has 2 N–H and O–H groups in total. The van der Waals surface area contributed by atoms with Crippen molar-refractivity contribution >= 4 is 18.3 Å². The molecule has 3 nitrogen and oxygen atoms in total. The van der Waals surface area contributed by atoms with Crippen LogP contribution in [0.5, 0.6) is 0 Å². The Balaban J connectivity index is 0.00000324. The van der Waals surface area contributed by atoms with Gasteiger partial charge in [0.25, 0.3) is 5.91 Å². The SMILES string of the molecule is CNCCCNC(=O)c1cccc(C(F)(F)F)c1.Cl. The predicted octanol–water partition coefficient (Wildman–Crippen LogP) is 2.47. The fraction of sp³-hybridized carbons (Fsp3) is 0.417. The number of carbonyl (C=O) groups is 1. The molecule has 0 saturated carbocycles. The summed E-state index contributed by atoms with van der Waals surface area (Å²) < 4.78 is 37.3. The zero-order valence-corrected chi connectivity index (χ0v) is 11.2. The second-order valence-corrected chi connectivity index (χ2v) is 3.79. The van der Waals surface area contributed by atoms with Crippen molar-refractivity contribution in [2.75, 3.05) is 20.1 Å². The predicted molar refractivity (Wildman–Crippen MR) is 69.6 cm³/mol. The molecule has 0 aliphatic carbocycles. The van der Waals surface area contributed by atoms with Crippen molar-refractivity contribution < 1.29 is 18.0 Å². The molecule has 0 saturated heterocycles. The molecule has 0 radical (unpaired) electrons. The van der Waals surface area contributed by atoms with Crippen LogP contribution in [0.25, 0.3) is 0 Å². The standard InChI is InChI=1S/C12H15F3N2O.ClH/c1-16-6-3-7-17-11(18)9-4-2-5-10(8-9)12(13,14)15;/h2,4-5,8,16H,3,6-7H2,1H3,(H,17,18);1H. The Labute approximate surface area is 116 Å². The Bertz CT molecular complexity index is 410. The molecular formula is C12H16ClF3N2O. The van der Waals surface area contributed by atoms with E-state index in [2.05, 4.69) is 10.6 Å². The van der Waals surface area contributed by atoms with E-state index < -0.39 is 17.6 Å². The van der Waals surface area contributed by atoms with Gasteiger partial charge in [0.2, 0.25) is 0 Å². The highest BCUT2D eigenvalue weighted by Crippen LogP contribution is 2.29. The molecule has 0 aromatic heterocycles. The number of hydrogen-bond acceptors (Lipinski definition) is 2. The molecule has 0 spiro atoms. The summed E-state index contributed by atoms with van der Waals surface area (Å²) >= 11 is 0. The van der Waals surface area contributed by atoms with Gasteiger partial charge < -0.3 is 10.6 Å². The van der Waals surface area contributed by atoms with Crippen LogP contribution in [0.4, 0.5) is 13.2 Å². The molecule has 0 atom stereocenters. The summed E-state index contributed by atoms with van der Waals surface area (Å²) in [7, 11) is 1.79. The molecule has 1 amide bonds. The van der Waals surface area contributed by atoms with Crippen molar-refractivity contribution in [3.05, 3.63) is 35.4 Å². The minimum atomic E-state index is -4.43.